The van der Waals surface area contributed by atoms with E-state index >= 15 is 0 Å². The van der Waals surface area contributed by atoms with Gasteiger partial charge in [0.2, 0.25) is 5.91 Å². The molecule has 1 amide bonds. The molecule has 3 rings (SSSR count). The number of carboxylic acid groups (broad SMARTS) is 1. The number of thiophene rings is 1. The zero-order valence-corrected chi connectivity index (χ0v) is 15.8. The molecule has 6 nitrogen and oxygen atoms in total. The van der Waals surface area contributed by atoms with E-state index in [4.69, 9.17) is 4.74 Å². The van der Waals surface area contributed by atoms with Gasteiger partial charge in [-0.2, -0.15) is 0 Å². The fourth-order valence-corrected chi connectivity index (χ4v) is 4.91. The van der Waals surface area contributed by atoms with Crippen molar-refractivity contribution in [3.8, 4) is 0 Å². The first-order valence-corrected chi connectivity index (χ1v) is 9.68. The number of hydrogen-bond donors (Lipinski definition) is 2. The minimum Gasteiger partial charge on any atom is -0.481 e. The highest BCUT2D eigenvalue weighted by Gasteiger charge is 2.51. The van der Waals surface area contributed by atoms with Crippen molar-refractivity contribution in [2.45, 2.75) is 33.1 Å². The Morgan fingerprint density at radius 2 is 1.92 bits per heavy atom. The number of carbonyl (C=O) groups excluding carboxylic acids is 2. The maximum absolute atomic E-state index is 12.9. The standard InChI is InChI=1S/C19H23NO5S/c1-4-25-19(24)12-8-13(9(2)3)26-17(12)20-16(21)14-10-5-6-11(7-10)15(14)18(22)23/h5-6,8-11,14-15H,4,7H2,1-3H3,(H,20,21)(H,22,23)/t10-,11+,14+,15+/m1/s1. The number of aliphatic carboxylic acids is 1. The lowest BCUT2D eigenvalue weighted by Gasteiger charge is -2.23. The van der Waals surface area contributed by atoms with Crippen LogP contribution >= 0.6 is 11.3 Å². The van der Waals surface area contributed by atoms with Gasteiger partial charge in [0.05, 0.1) is 24.0 Å². The van der Waals surface area contributed by atoms with Crippen LogP contribution in [0, 0.1) is 23.7 Å². The van der Waals surface area contributed by atoms with Crippen LogP contribution in [-0.4, -0.2) is 29.6 Å². The fraction of sp³-hybridized carbons (Fsp3) is 0.526. The highest BCUT2D eigenvalue weighted by Crippen LogP contribution is 2.48. The van der Waals surface area contributed by atoms with E-state index in [0.29, 0.717) is 17.0 Å². The van der Waals surface area contributed by atoms with Gasteiger partial charge in [0.15, 0.2) is 0 Å². The third-order valence-electron chi connectivity index (χ3n) is 5.10. The predicted octanol–water partition coefficient (Wildman–Crippen LogP) is 3.51. The molecule has 7 heteroatoms. The molecule has 2 N–H and O–H groups in total. The normalized spacial score (nSPS) is 26.3. The molecule has 1 saturated carbocycles. The number of amides is 1. The highest BCUT2D eigenvalue weighted by molar-refractivity contribution is 7.16. The van der Waals surface area contributed by atoms with Crippen molar-refractivity contribution in [3.05, 3.63) is 28.7 Å². The van der Waals surface area contributed by atoms with Gasteiger partial charge in [-0.05, 0) is 37.2 Å². The Bertz CT molecular complexity index is 766. The van der Waals surface area contributed by atoms with Crippen LogP contribution in [0.1, 0.15) is 48.3 Å². The number of nitrogens with one attached hydrogen (secondary N) is 1. The highest BCUT2D eigenvalue weighted by atomic mass is 32.1. The number of rotatable bonds is 6. The van der Waals surface area contributed by atoms with Crippen molar-refractivity contribution < 1.29 is 24.2 Å². The zero-order valence-electron chi connectivity index (χ0n) is 15.0. The molecule has 26 heavy (non-hydrogen) atoms. The number of ether oxygens (including phenoxy) is 1. The van der Waals surface area contributed by atoms with Crippen molar-refractivity contribution in [1.82, 2.24) is 0 Å². The summed E-state index contributed by atoms with van der Waals surface area (Å²) in [4.78, 5) is 37.7. The second kappa shape index (κ2) is 7.23. The van der Waals surface area contributed by atoms with E-state index in [2.05, 4.69) is 5.32 Å². The molecule has 2 bridgehead atoms. The summed E-state index contributed by atoms with van der Waals surface area (Å²) in [5.41, 5.74) is 0.333. The number of fused-ring (bicyclic) bond motifs is 2. The maximum Gasteiger partial charge on any atom is 0.341 e. The quantitative estimate of drug-likeness (QED) is 0.585. The number of hydrogen-bond acceptors (Lipinski definition) is 5. The Kier molecular flexibility index (Phi) is 5.18. The molecule has 1 aromatic heterocycles. The molecular formula is C19H23NO5S. The monoisotopic (exact) mass is 377 g/mol. The number of carbonyl (C=O) groups is 3. The summed E-state index contributed by atoms with van der Waals surface area (Å²) >= 11 is 1.34. The van der Waals surface area contributed by atoms with E-state index in [-0.39, 0.29) is 30.3 Å². The van der Waals surface area contributed by atoms with Crippen molar-refractivity contribution in [2.24, 2.45) is 23.7 Å². The van der Waals surface area contributed by atoms with Crippen LogP contribution in [0.4, 0.5) is 5.00 Å². The molecule has 1 fully saturated rings. The van der Waals surface area contributed by atoms with E-state index in [9.17, 15) is 19.5 Å². The summed E-state index contributed by atoms with van der Waals surface area (Å²) in [6.45, 7) is 5.99. The topological polar surface area (TPSA) is 92.7 Å². The summed E-state index contributed by atoms with van der Waals surface area (Å²) in [6, 6.07) is 1.75. The average molecular weight is 377 g/mol. The first-order chi connectivity index (χ1) is 12.3. The van der Waals surface area contributed by atoms with Gasteiger partial charge in [-0.1, -0.05) is 26.0 Å². The molecule has 140 valence electrons. The van der Waals surface area contributed by atoms with Gasteiger partial charge in [0.25, 0.3) is 0 Å². The Balaban J connectivity index is 1.86. The fourth-order valence-electron chi connectivity index (χ4n) is 3.86. The van der Waals surface area contributed by atoms with E-state index in [1.807, 2.05) is 26.0 Å². The number of allylic oxidation sites excluding steroid dienone is 2. The molecule has 2 aliphatic carbocycles. The van der Waals surface area contributed by atoms with Crippen LogP contribution in [0.5, 0.6) is 0 Å². The van der Waals surface area contributed by atoms with Crippen molar-refractivity contribution >= 4 is 34.2 Å². The molecule has 0 radical (unpaired) electrons. The van der Waals surface area contributed by atoms with Gasteiger partial charge in [-0.25, -0.2) is 4.79 Å². The molecule has 4 atom stereocenters. The Hall–Kier alpha value is -2.15. The molecule has 2 aliphatic rings. The first kappa shape index (κ1) is 18.6. The smallest absolute Gasteiger partial charge is 0.341 e. The summed E-state index contributed by atoms with van der Waals surface area (Å²) in [5.74, 6) is -3.02. The number of carboxylic acids is 1. The lowest BCUT2D eigenvalue weighted by atomic mass is 9.82. The molecule has 1 aromatic rings. The van der Waals surface area contributed by atoms with Gasteiger partial charge in [-0.15, -0.1) is 11.3 Å². The molecule has 1 heterocycles. The molecular weight excluding hydrogens is 354 g/mol. The first-order valence-electron chi connectivity index (χ1n) is 8.86. The minimum absolute atomic E-state index is 0.0586. The summed E-state index contributed by atoms with van der Waals surface area (Å²) in [6.07, 6.45) is 4.54. The van der Waals surface area contributed by atoms with E-state index < -0.39 is 23.8 Å². The molecule has 0 aliphatic heterocycles. The SMILES string of the molecule is CCOC(=O)c1cc(C(C)C)sc1NC(=O)[C@@H]1[C@@H](C(=O)O)[C@H]2C=C[C@@H]1C2. The van der Waals surface area contributed by atoms with Crippen LogP contribution in [0.25, 0.3) is 0 Å². The lowest BCUT2D eigenvalue weighted by Crippen LogP contribution is -2.36. The third kappa shape index (κ3) is 3.28. The van der Waals surface area contributed by atoms with Gasteiger partial charge in [0, 0.05) is 4.88 Å². The van der Waals surface area contributed by atoms with Crippen LogP contribution in [0.3, 0.4) is 0 Å². The van der Waals surface area contributed by atoms with Crippen LogP contribution in [0.15, 0.2) is 18.2 Å². The van der Waals surface area contributed by atoms with E-state index in [1.54, 1.807) is 13.0 Å². The van der Waals surface area contributed by atoms with Gasteiger partial charge in [-0.3, -0.25) is 9.59 Å². The second-order valence-electron chi connectivity index (χ2n) is 7.09. The van der Waals surface area contributed by atoms with E-state index in [1.165, 1.54) is 11.3 Å². The zero-order chi connectivity index (χ0) is 19.0. The Morgan fingerprint density at radius 3 is 2.50 bits per heavy atom. The van der Waals surface area contributed by atoms with Crippen LogP contribution in [0.2, 0.25) is 0 Å². The number of anilines is 1. The van der Waals surface area contributed by atoms with Crippen molar-refractivity contribution in [3.63, 3.8) is 0 Å². The van der Waals surface area contributed by atoms with Crippen molar-refractivity contribution in [2.75, 3.05) is 11.9 Å². The minimum atomic E-state index is -0.943. The maximum atomic E-state index is 12.9. The van der Waals surface area contributed by atoms with Crippen LogP contribution in [-0.2, 0) is 14.3 Å². The van der Waals surface area contributed by atoms with Crippen molar-refractivity contribution in [1.29, 1.82) is 0 Å². The Morgan fingerprint density at radius 1 is 1.27 bits per heavy atom. The summed E-state index contributed by atoms with van der Waals surface area (Å²) < 4.78 is 5.09. The predicted molar refractivity (Wildman–Crippen MR) is 98.3 cm³/mol. The molecule has 0 spiro atoms. The summed E-state index contributed by atoms with van der Waals surface area (Å²) in [5, 5.41) is 12.8. The Labute approximate surface area is 156 Å². The largest absolute Gasteiger partial charge is 0.481 e. The molecule has 0 unspecified atom stereocenters. The molecule has 0 aromatic carbocycles. The average Bonchev–Trinajstić information content (AvgIpc) is 3.28. The van der Waals surface area contributed by atoms with Gasteiger partial charge >= 0.3 is 11.9 Å². The van der Waals surface area contributed by atoms with Crippen LogP contribution < -0.4 is 5.32 Å². The summed E-state index contributed by atoms with van der Waals surface area (Å²) in [7, 11) is 0. The second-order valence-corrected chi connectivity index (χ2v) is 8.18. The van der Waals surface area contributed by atoms with E-state index in [0.717, 1.165) is 4.88 Å². The van der Waals surface area contributed by atoms with Gasteiger partial charge < -0.3 is 15.2 Å². The number of esters is 1. The third-order valence-corrected chi connectivity index (χ3v) is 6.45. The van der Waals surface area contributed by atoms with Gasteiger partial charge in [0.1, 0.15) is 5.00 Å². The molecule has 0 saturated heterocycles. The lowest BCUT2D eigenvalue weighted by molar-refractivity contribution is -0.146.